The summed E-state index contributed by atoms with van der Waals surface area (Å²) in [5.41, 5.74) is 9.56. The molecule has 0 saturated heterocycles. The number of nitrogens with two attached hydrogens (primary N) is 1. The summed E-state index contributed by atoms with van der Waals surface area (Å²) < 4.78 is 0. The van der Waals surface area contributed by atoms with Gasteiger partial charge in [0.1, 0.15) is 23.6 Å². The van der Waals surface area contributed by atoms with Gasteiger partial charge in [0.2, 0.25) is 11.8 Å². The Labute approximate surface area is 305 Å². The van der Waals surface area contributed by atoms with Crippen molar-refractivity contribution in [3.8, 4) is 22.6 Å². The standard InChI is InChI=1S/C41H51N3O8/c1-5-6-7-8-9-26-10-13-30(24(2)18-26)36(47)23-29(16-17-42)40(50)44(4)38-28-12-15-35(46)32(22-28)31-20-27(11-14-34(31)45)21-33(41(51)52)43-39(49)25(3)19-37(38)48/h10-15,18,20,22,25,29,33,38,45-46H,5-9,16-17,19,21,23,42H2,1-4H3,(H,43,49)(H,51,52)/t25-,29-,33+,38+/m1/s1. The molecule has 0 fully saturated rings. The highest BCUT2D eigenvalue weighted by Crippen LogP contribution is 2.39. The molecule has 0 radical (unpaired) electrons. The lowest BCUT2D eigenvalue weighted by Crippen LogP contribution is -2.45. The molecule has 4 bridgehead atoms. The Morgan fingerprint density at radius 1 is 0.942 bits per heavy atom. The molecule has 11 heteroatoms. The van der Waals surface area contributed by atoms with Crippen LogP contribution in [0.25, 0.3) is 11.1 Å². The van der Waals surface area contributed by atoms with Crippen molar-refractivity contribution in [2.75, 3.05) is 13.6 Å². The number of likely N-dealkylation sites (N-methyl/N-ethyl adjacent to an activating group) is 1. The van der Waals surface area contributed by atoms with Crippen molar-refractivity contribution < 1.29 is 39.3 Å². The van der Waals surface area contributed by atoms with Crippen LogP contribution in [-0.2, 0) is 32.0 Å². The third-order valence-corrected chi connectivity index (χ3v) is 9.94. The van der Waals surface area contributed by atoms with Crippen LogP contribution in [0, 0.1) is 18.8 Å². The molecule has 0 spiro atoms. The molecule has 1 aliphatic rings. The Morgan fingerprint density at radius 2 is 1.63 bits per heavy atom. The van der Waals surface area contributed by atoms with Gasteiger partial charge in [-0.25, -0.2) is 4.79 Å². The maximum absolute atomic E-state index is 14.3. The zero-order chi connectivity index (χ0) is 38.1. The maximum atomic E-state index is 14.3. The van der Waals surface area contributed by atoms with Gasteiger partial charge in [-0.05, 0) is 79.3 Å². The molecule has 1 heterocycles. The number of carbonyl (C=O) groups is 5. The van der Waals surface area contributed by atoms with Gasteiger partial charge in [-0.15, -0.1) is 0 Å². The number of benzene rings is 3. The summed E-state index contributed by atoms with van der Waals surface area (Å²) in [5.74, 6) is -5.38. The number of carbonyl (C=O) groups excluding carboxylic acids is 4. The Bertz CT molecular complexity index is 1800. The first-order chi connectivity index (χ1) is 24.7. The molecule has 1 aliphatic heterocycles. The number of phenolic OH excluding ortho intramolecular Hbond substituents is 2. The van der Waals surface area contributed by atoms with Crippen molar-refractivity contribution in [1.29, 1.82) is 0 Å². The quantitative estimate of drug-likeness (QED) is 0.110. The van der Waals surface area contributed by atoms with Crippen LogP contribution in [0.1, 0.15) is 97.4 Å². The summed E-state index contributed by atoms with van der Waals surface area (Å²) in [7, 11) is 1.45. The van der Waals surface area contributed by atoms with Gasteiger partial charge in [0.25, 0.3) is 0 Å². The summed E-state index contributed by atoms with van der Waals surface area (Å²) in [6.45, 7) is 5.67. The molecule has 4 atom stereocenters. The third-order valence-electron chi connectivity index (χ3n) is 9.94. The molecule has 3 aromatic carbocycles. The second kappa shape index (κ2) is 17.9. The van der Waals surface area contributed by atoms with Gasteiger partial charge in [-0.3, -0.25) is 19.2 Å². The number of amides is 2. The highest BCUT2D eigenvalue weighted by molar-refractivity contribution is 6.01. The summed E-state index contributed by atoms with van der Waals surface area (Å²) >= 11 is 0. The van der Waals surface area contributed by atoms with Crippen molar-refractivity contribution in [3.63, 3.8) is 0 Å². The molecular formula is C41H51N3O8. The predicted octanol–water partition coefficient (Wildman–Crippen LogP) is 5.65. The molecule has 2 amide bonds. The lowest BCUT2D eigenvalue weighted by atomic mass is 9.88. The number of rotatable bonds is 13. The molecule has 0 unspecified atom stereocenters. The maximum Gasteiger partial charge on any atom is 0.326 e. The number of aryl methyl sites for hydroxylation is 2. The smallest absolute Gasteiger partial charge is 0.326 e. The van der Waals surface area contributed by atoms with Crippen LogP contribution in [-0.4, -0.2) is 69.2 Å². The minimum Gasteiger partial charge on any atom is -0.507 e. The van der Waals surface area contributed by atoms with E-state index in [0.29, 0.717) is 16.7 Å². The molecule has 11 nitrogen and oxygen atoms in total. The van der Waals surface area contributed by atoms with E-state index in [-0.39, 0.29) is 60.6 Å². The number of hydrogen-bond acceptors (Lipinski definition) is 8. The van der Waals surface area contributed by atoms with Crippen LogP contribution in [0.2, 0.25) is 0 Å². The largest absolute Gasteiger partial charge is 0.507 e. The van der Waals surface area contributed by atoms with Gasteiger partial charge < -0.3 is 31.3 Å². The van der Waals surface area contributed by atoms with Crippen molar-refractivity contribution in [1.82, 2.24) is 10.2 Å². The molecule has 278 valence electrons. The fraction of sp³-hybridized carbons (Fsp3) is 0.439. The van der Waals surface area contributed by atoms with E-state index in [2.05, 4.69) is 12.2 Å². The van der Waals surface area contributed by atoms with Gasteiger partial charge in [-0.1, -0.05) is 63.4 Å². The zero-order valence-electron chi connectivity index (χ0n) is 30.5. The van der Waals surface area contributed by atoms with E-state index in [1.165, 1.54) is 61.7 Å². The molecule has 6 N–H and O–H groups in total. The average Bonchev–Trinajstić information content (AvgIpc) is 3.10. The number of aromatic hydroxyl groups is 2. The number of unbranched alkanes of at least 4 members (excludes halogenated alkanes) is 3. The number of nitrogens with zero attached hydrogens (tertiary/aromatic N) is 1. The van der Waals surface area contributed by atoms with E-state index in [1.807, 2.05) is 25.1 Å². The Hall–Kier alpha value is -5.03. The van der Waals surface area contributed by atoms with E-state index < -0.39 is 47.5 Å². The normalized spacial score (nSPS) is 18.2. The number of ketones is 2. The van der Waals surface area contributed by atoms with Crippen LogP contribution >= 0.6 is 0 Å². The SMILES string of the molecule is CCCCCCc1ccc(C(=O)C[C@@H](CCN)C(=O)N(C)[C@@H]2C(=O)C[C@@H](C)C(=O)N[C@H](C(=O)O)Cc3ccc(O)c(c3)-c3cc2ccc3O)c(C)c1. The highest BCUT2D eigenvalue weighted by atomic mass is 16.4. The number of carboxylic acids is 1. The minimum atomic E-state index is -1.33. The predicted molar refractivity (Wildman–Crippen MR) is 198 cm³/mol. The monoisotopic (exact) mass is 713 g/mol. The van der Waals surface area contributed by atoms with Gasteiger partial charge in [0, 0.05) is 54.8 Å². The lowest BCUT2D eigenvalue weighted by molar-refractivity contribution is -0.144. The fourth-order valence-corrected chi connectivity index (χ4v) is 6.96. The van der Waals surface area contributed by atoms with Crippen molar-refractivity contribution in [3.05, 3.63) is 82.4 Å². The highest BCUT2D eigenvalue weighted by Gasteiger charge is 2.36. The van der Waals surface area contributed by atoms with Gasteiger partial charge in [0.15, 0.2) is 11.6 Å². The summed E-state index contributed by atoms with van der Waals surface area (Å²) in [6.07, 6.45) is 5.08. The number of fused-ring (bicyclic) bond motifs is 5. The molecule has 4 rings (SSSR count). The van der Waals surface area contributed by atoms with E-state index >= 15 is 0 Å². The van der Waals surface area contributed by atoms with Crippen molar-refractivity contribution in [2.45, 2.75) is 90.6 Å². The number of nitrogens with one attached hydrogen (secondary N) is 1. The molecule has 52 heavy (non-hydrogen) atoms. The zero-order valence-corrected chi connectivity index (χ0v) is 30.5. The number of Topliss-reactive ketones (excluding diaryl/α,β-unsaturated/α-hetero) is 2. The Balaban J connectivity index is 1.70. The van der Waals surface area contributed by atoms with Gasteiger partial charge in [0.05, 0.1) is 0 Å². The van der Waals surface area contributed by atoms with Crippen LogP contribution in [0.4, 0.5) is 0 Å². The minimum absolute atomic E-state index is 0.112. The number of phenols is 2. The molecule has 0 saturated carbocycles. The van der Waals surface area contributed by atoms with E-state index in [9.17, 15) is 39.3 Å². The molecule has 0 aromatic heterocycles. The van der Waals surface area contributed by atoms with Crippen molar-refractivity contribution >= 4 is 29.4 Å². The van der Waals surface area contributed by atoms with E-state index in [0.717, 1.165) is 36.8 Å². The Kier molecular flexibility index (Phi) is 13.7. The topological polar surface area (TPSA) is 187 Å². The van der Waals surface area contributed by atoms with Crippen LogP contribution in [0.5, 0.6) is 11.5 Å². The first-order valence-corrected chi connectivity index (χ1v) is 18.1. The number of hydrogen-bond donors (Lipinski definition) is 5. The van der Waals surface area contributed by atoms with Crippen LogP contribution < -0.4 is 11.1 Å². The lowest BCUT2D eigenvalue weighted by Gasteiger charge is -2.32. The number of aliphatic carboxylic acids is 1. The molecular weight excluding hydrogens is 662 g/mol. The summed E-state index contributed by atoms with van der Waals surface area (Å²) in [4.78, 5) is 68.7. The summed E-state index contributed by atoms with van der Waals surface area (Å²) in [6, 6.07) is 12.0. The third kappa shape index (κ3) is 9.64. The fourth-order valence-electron chi connectivity index (χ4n) is 6.96. The van der Waals surface area contributed by atoms with Gasteiger partial charge >= 0.3 is 5.97 Å². The van der Waals surface area contributed by atoms with Crippen LogP contribution in [0.3, 0.4) is 0 Å². The van der Waals surface area contributed by atoms with E-state index in [4.69, 9.17) is 5.73 Å². The average molecular weight is 714 g/mol. The van der Waals surface area contributed by atoms with Gasteiger partial charge in [-0.2, -0.15) is 0 Å². The van der Waals surface area contributed by atoms with Crippen molar-refractivity contribution in [2.24, 2.45) is 17.6 Å². The first kappa shape index (κ1) is 39.8. The Morgan fingerprint density at radius 3 is 2.29 bits per heavy atom. The first-order valence-electron chi connectivity index (χ1n) is 18.1. The van der Waals surface area contributed by atoms with E-state index in [1.54, 1.807) is 0 Å². The molecule has 0 aliphatic carbocycles. The van der Waals surface area contributed by atoms with Crippen LogP contribution in [0.15, 0.2) is 54.6 Å². The molecule has 3 aromatic rings. The second-order valence-corrected chi connectivity index (χ2v) is 14.0. The second-order valence-electron chi connectivity index (χ2n) is 14.0. The summed E-state index contributed by atoms with van der Waals surface area (Å²) in [5, 5.41) is 34.1. The number of carboxylic acid groups (broad SMARTS) is 1.